The summed E-state index contributed by atoms with van der Waals surface area (Å²) >= 11 is 0. The number of carbonyl (C=O) groups is 1. The van der Waals surface area contributed by atoms with Gasteiger partial charge in [0.25, 0.3) is 5.91 Å². The number of carbonyl (C=O) groups excluding carboxylic acids is 1. The molecule has 1 atom stereocenters. The normalized spacial score (nSPS) is 17.0. The summed E-state index contributed by atoms with van der Waals surface area (Å²) in [5.74, 6) is 1.29. The Balaban J connectivity index is 1.48. The smallest absolute Gasteiger partial charge is 0.289 e. The van der Waals surface area contributed by atoms with Crippen molar-refractivity contribution in [2.24, 2.45) is 0 Å². The lowest BCUT2D eigenvalue weighted by Crippen LogP contribution is -2.30. The molecule has 4 rings (SSSR count). The first-order chi connectivity index (χ1) is 12.2. The Kier molecular flexibility index (Phi) is 3.97. The third kappa shape index (κ3) is 3.00. The summed E-state index contributed by atoms with van der Waals surface area (Å²) in [5.41, 5.74) is 0.585. The van der Waals surface area contributed by atoms with Gasteiger partial charge in [-0.2, -0.15) is 0 Å². The highest BCUT2D eigenvalue weighted by atomic mass is 16.5. The van der Waals surface area contributed by atoms with Crippen LogP contribution in [0.4, 0.5) is 0 Å². The number of furan rings is 1. The van der Waals surface area contributed by atoms with Gasteiger partial charge in [0.15, 0.2) is 17.1 Å². The topological polar surface area (TPSA) is 77.7 Å². The molecule has 0 saturated carbocycles. The first-order valence-electron chi connectivity index (χ1n) is 8.03. The Morgan fingerprint density at radius 3 is 3.08 bits per heavy atom. The molecule has 0 radical (unpaired) electrons. The Morgan fingerprint density at radius 1 is 1.36 bits per heavy atom. The zero-order chi connectivity index (χ0) is 17.2. The molecule has 0 unspecified atom stereocenters. The van der Waals surface area contributed by atoms with E-state index in [1.807, 2.05) is 18.2 Å². The number of nitrogens with zero attached hydrogens (tertiary/aromatic N) is 3. The van der Waals surface area contributed by atoms with E-state index < -0.39 is 0 Å². The minimum absolute atomic E-state index is 0.0854. The largest absolute Gasteiger partial charge is 0.493 e. The van der Waals surface area contributed by atoms with Crippen LogP contribution in [0.15, 0.2) is 47.3 Å². The number of aromatic nitrogens is 2. The molecular weight excluding hydrogens is 322 g/mol. The molecule has 2 aromatic heterocycles. The van der Waals surface area contributed by atoms with Crippen LogP contribution in [0.1, 0.15) is 17.0 Å². The number of amides is 1. The van der Waals surface area contributed by atoms with E-state index in [1.165, 1.54) is 6.33 Å². The predicted octanol–water partition coefficient (Wildman–Crippen LogP) is 2.52. The lowest BCUT2D eigenvalue weighted by atomic mass is 10.2. The van der Waals surface area contributed by atoms with Crippen LogP contribution in [0.25, 0.3) is 11.0 Å². The number of rotatable bonds is 4. The number of likely N-dealkylation sites (tertiary alicyclic amines) is 1. The first kappa shape index (κ1) is 15.4. The van der Waals surface area contributed by atoms with Gasteiger partial charge in [-0.1, -0.05) is 12.1 Å². The lowest BCUT2D eigenvalue weighted by molar-refractivity contribution is 0.0742. The van der Waals surface area contributed by atoms with E-state index in [9.17, 15) is 4.79 Å². The number of para-hydroxylation sites is 1. The Hall–Kier alpha value is -3.09. The summed E-state index contributed by atoms with van der Waals surface area (Å²) in [6.45, 7) is 1.11. The van der Waals surface area contributed by atoms with Gasteiger partial charge in [-0.05, 0) is 12.1 Å². The van der Waals surface area contributed by atoms with E-state index in [0.29, 0.717) is 36.1 Å². The maximum absolute atomic E-state index is 12.7. The van der Waals surface area contributed by atoms with Gasteiger partial charge in [0.05, 0.1) is 13.7 Å². The van der Waals surface area contributed by atoms with Crippen molar-refractivity contribution in [3.63, 3.8) is 0 Å². The molecule has 1 fully saturated rings. The average molecular weight is 339 g/mol. The summed E-state index contributed by atoms with van der Waals surface area (Å²) in [5, 5.41) is 0.843. The van der Waals surface area contributed by atoms with E-state index in [0.717, 1.165) is 11.8 Å². The molecule has 7 heteroatoms. The summed E-state index contributed by atoms with van der Waals surface area (Å²) in [6, 6.07) is 9.02. The monoisotopic (exact) mass is 339 g/mol. The van der Waals surface area contributed by atoms with Gasteiger partial charge >= 0.3 is 0 Å². The summed E-state index contributed by atoms with van der Waals surface area (Å²) < 4.78 is 16.8. The van der Waals surface area contributed by atoms with Gasteiger partial charge < -0.3 is 18.8 Å². The number of benzene rings is 1. The number of hydrogen-bond donors (Lipinski definition) is 0. The predicted molar refractivity (Wildman–Crippen MR) is 89.7 cm³/mol. The summed E-state index contributed by atoms with van der Waals surface area (Å²) in [7, 11) is 1.58. The number of fused-ring (bicyclic) bond motifs is 1. The zero-order valence-electron chi connectivity index (χ0n) is 13.7. The molecule has 1 saturated heterocycles. The number of ether oxygens (including phenoxy) is 2. The van der Waals surface area contributed by atoms with Crippen molar-refractivity contribution < 1.29 is 18.7 Å². The van der Waals surface area contributed by atoms with E-state index >= 15 is 0 Å². The molecule has 128 valence electrons. The zero-order valence-corrected chi connectivity index (χ0v) is 13.7. The third-order valence-electron chi connectivity index (χ3n) is 4.21. The molecule has 0 spiro atoms. The highest BCUT2D eigenvalue weighted by Crippen LogP contribution is 2.29. The van der Waals surface area contributed by atoms with Gasteiger partial charge in [0, 0.05) is 30.6 Å². The quantitative estimate of drug-likeness (QED) is 0.727. The van der Waals surface area contributed by atoms with Crippen molar-refractivity contribution in [3.8, 4) is 11.6 Å². The van der Waals surface area contributed by atoms with Crippen LogP contribution in [0.2, 0.25) is 0 Å². The van der Waals surface area contributed by atoms with Crippen LogP contribution in [0.5, 0.6) is 11.6 Å². The van der Waals surface area contributed by atoms with Crippen molar-refractivity contribution in [3.05, 3.63) is 48.6 Å². The fourth-order valence-electron chi connectivity index (χ4n) is 2.99. The van der Waals surface area contributed by atoms with Crippen molar-refractivity contribution in [2.75, 3.05) is 20.2 Å². The van der Waals surface area contributed by atoms with E-state index in [4.69, 9.17) is 13.9 Å². The Morgan fingerprint density at radius 2 is 2.28 bits per heavy atom. The lowest BCUT2D eigenvalue weighted by Gasteiger charge is -2.15. The summed E-state index contributed by atoms with van der Waals surface area (Å²) in [4.78, 5) is 22.4. The van der Waals surface area contributed by atoms with E-state index in [-0.39, 0.29) is 12.0 Å². The van der Waals surface area contributed by atoms with Gasteiger partial charge in [-0.15, -0.1) is 0 Å². The number of hydrogen-bond acceptors (Lipinski definition) is 6. The van der Waals surface area contributed by atoms with Crippen LogP contribution >= 0.6 is 0 Å². The minimum atomic E-state index is -0.146. The Labute approximate surface area is 144 Å². The van der Waals surface area contributed by atoms with Gasteiger partial charge in [-0.25, -0.2) is 9.97 Å². The van der Waals surface area contributed by atoms with Crippen molar-refractivity contribution in [2.45, 2.75) is 12.5 Å². The molecule has 0 bridgehead atoms. The molecule has 3 heterocycles. The highest BCUT2D eigenvalue weighted by molar-refractivity contribution is 5.97. The first-order valence-corrected chi connectivity index (χ1v) is 8.03. The molecule has 1 aliphatic rings. The van der Waals surface area contributed by atoms with Gasteiger partial charge in [0.2, 0.25) is 5.88 Å². The Bertz CT molecular complexity index is 894. The van der Waals surface area contributed by atoms with Crippen LogP contribution < -0.4 is 9.47 Å². The molecule has 7 nitrogen and oxygen atoms in total. The molecule has 3 aromatic rings. The summed E-state index contributed by atoms with van der Waals surface area (Å²) in [6.07, 6.45) is 3.73. The molecule has 1 amide bonds. The molecule has 1 aliphatic heterocycles. The maximum atomic E-state index is 12.7. The van der Waals surface area contributed by atoms with E-state index in [1.54, 1.807) is 30.3 Å². The fourth-order valence-corrected chi connectivity index (χ4v) is 2.99. The second-order valence-corrected chi connectivity index (χ2v) is 5.82. The third-order valence-corrected chi connectivity index (χ3v) is 4.21. The van der Waals surface area contributed by atoms with Gasteiger partial charge in [-0.3, -0.25) is 4.79 Å². The van der Waals surface area contributed by atoms with Crippen molar-refractivity contribution >= 4 is 16.9 Å². The number of methoxy groups -OCH3 is 1. The van der Waals surface area contributed by atoms with Crippen LogP contribution in [0, 0.1) is 0 Å². The maximum Gasteiger partial charge on any atom is 0.289 e. The second kappa shape index (κ2) is 6.43. The standard InChI is InChI=1S/C18H17N3O4/c1-23-14-4-2-3-12-9-15(25-17(12)14)18(22)21-8-6-13(10-21)24-16-5-7-19-11-20-16/h2-5,7,9,11,13H,6,8,10H2,1H3/t13-/m1/s1. The SMILES string of the molecule is COc1cccc2cc(C(=O)N3CC[C@@H](Oc4ccncn4)C3)oc12. The average Bonchev–Trinajstić information content (AvgIpc) is 3.28. The second-order valence-electron chi connectivity index (χ2n) is 5.82. The molecular formula is C18H17N3O4. The molecule has 1 aromatic carbocycles. The van der Waals surface area contributed by atoms with Crippen LogP contribution in [0.3, 0.4) is 0 Å². The van der Waals surface area contributed by atoms with Crippen molar-refractivity contribution in [1.82, 2.24) is 14.9 Å². The van der Waals surface area contributed by atoms with E-state index in [2.05, 4.69) is 9.97 Å². The van der Waals surface area contributed by atoms with Crippen molar-refractivity contribution in [1.29, 1.82) is 0 Å². The van der Waals surface area contributed by atoms with Crippen LogP contribution in [-0.2, 0) is 0 Å². The van der Waals surface area contributed by atoms with Crippen LogP contribution in [-0.4, -0.2) is 47.1 Å². The molecule has 0 N–H and O–H groups in total. The fraction of sp³-hybridized carbons (Fsp3) is 0.278. The minimum Gasteiger partial charge on any atom is -0.493 e. The molecule has 25 heavy (non-hydrogen) atoms. The van der Waals surface area contributed by atoms with Gasteiger partial charge in [0.1, 0.15) is 12.4 Å². The molecule has 0 aliphatic carbocycles. The highest BCUT2D eigenvalue weighted by Gasteiger charge is 2.30.